The Balaban J connectivity index is 2.25. The van der Waals surface area contributed by atoms with Gasteiger partial charge in [-0.15, -0.1) is 11.8 Å². The zero-order valence-corrected chi connectivity index (χ0v) is 17.6. The number of nitrogens with zero attached hydrogens (tertiary/aromatic N) is 4. The number of aromatic nitrogens is 2. The van der Waals surface area contributed by atoms with Gasteiger partial charge in [-0.2, -0.15) is 10.1 Å². The third kappa shape index (κ3) is 5.43. The maximum atomic E-state index is 12.4. The van der Waals surface area contributed by atoms with E-state index in [1.54, 1.807) is 37.3 Å². The minimum atomic E-state index is -0.451. The van der Waals surface area contributed by atoms with Crippen LogP contribution in [0.5, 0.6) is 0 Å². The van der Waals surface area contributed by atoms with E-state index in [0.717, 1.165) is 5.56 Å². The molecule has 1 aromatic carbocycles. The summed E-state index contributed by atoms with van der Waals surface area (Å²) in [7, 11) is 3.60. The zero-order chi connectivity index (χ0) is 20.2. The van der Waals surface area contributed by atoms with Gasteiger partial charge in [0.2, 0.25) is 0 Å². The van der Waals surface area contributed by atoms with Crippen LogP contribution in [0.3, 0.4) is 0 Å². The second kappa shape index (κ2) is 8.71. The van der Waals surface area contributed by atoms with E-state index in [2.05, 4.69) is 10.1 Å². The van der Waals surface area contributed by atoms with E-state index in [0.29, 0.717) is 16.2 Å². The topological polar surface area (TPSA) is 67.6 Å². The molecule has 1 heterocycles. The number of halogens is 1. The van der Waals surface area contributed by atoms with E-state index in [1.807, 2.05) is 32.9 Å². The summed E-state index contributed by atoms with van der Waals surface area (Å²) in [6.45, 7) is 5.67. The largest absolute Gasteiger partial charge is 0.369 e. The molecule has 1 amide bonds. The van der Waals surface area contributed by atoms with Gasteiger partial charge in [0.1, 0.15) is 5.02 Å². The van der Waals surface area contributed by atoms with Crippen molar-refractivity contribution in [2.75, 3.05) is 14.1 Å². The molecule has 2 rings (SSSR count). The quantitative estimate of drug-likeness (QED) is 0.430. The minimum Gasteiger partial charge on any atom is -0.369 e. The van der Waals surface area contributed by atoms with Gasteiger partial charge in [0.25, 0.3) is 11.5 Å². The molecule has 0 unspecified atom stereocenters. The van der Waals surface area contributed by atoms with Crippen LogP contribution in [0.1, 0.15) is 36.7 Å². The molecule has 0 radical (unpaired) electrons. The van der Waals surface area contributed by atoms with Crippen molar-refractivity contribution in [2.45, 2.75) is 37.0 Å². The van der Waals surface area contributed by atoms with Crippen LogP contribution in [-0.2, 0) is 11.3 Å². The Bertz CT molecular complexity index is 917. The number of hydrogen-bond acceptors (Lipinski definition) is 4. The smallest absolute Gasteiger partial charge is 0.287 e. The number of carbonyl (C=O) groups is 1. The molecular formula is C19H23ClN4O2S. The molecule has 8 heteroatoms. The Morgan fingerprint density at radius 1 is 1.33 bits per heavy atom. The lowest BCUT2D eigenvalue weighted by atomic mass is 10.1. The van der Waals surface area contributed by atoms with Gasteiger partial charge in [-0.1, -0.05) is 29.8 Å². The number of benzene rings is 1. The molecule has 2 aromatic rings. The van der Waals surface area contributed by atoms with Crippen LogP contribution in [0, 0.1) is 0 Å². The lowest BCUT2D eigenvalue weighted by Gasteiger charge is -2.21. The summed E-state index contributed by atoms with van der Waals surface area (Å²) in [5, 5.41) is 4.37. The highest BCUT2D eigenvalue weighted by Crippen LogP contribution is 2.28. The first-order valence-corrected chi connectivity index (χ1v) is 9.71. The van der Waals surface area contributed by atoms with Crippen molar-refractivity contribution in [3.8, 4) is 0 Å². The van der Waals surface area contributed by atoms with Crippen molar-refractivity contribution >= 4 is 35.6 Å². The van der Waals surface area contributed by atoms with Crippen LogP contribution in [0.15, 0.2) is 45.1 Å². The summed E-state index contributed by atoms with van der Waals surface area (Å²) in [5.74, 6) is 0.159. The molecule has 6 nitrogen and oxygen atoms in total. The second-order valence-electron chi connectivity index (χ2n) is 7.17. The summed E-state index contributed by atoms with van der Waals surface area (Å²) in [6.07, 6.45) is 3.06. The van der Waals surface area contributed by atoms with Gasteiger partial charge in [0, 0.05) is 25.4 Å². The van der Waals surface area contributed by atoms with E-state index in [-0.39, 0.29) is 16.5 Å². The van der Waals surface area contributed by atoms with Gasteiger partial charge >= 0.3 is 0 Å². The average molecular weight is 407 g/mol. The Labute approximate surface area is 168 Å². The lowest BCUT2D eigenvalue weighted by molar-refractivity contribution is 0.100. The van der Waals surface area contributed by atoms with E-state index in [1.165, 1.54) is 22.8 Å². The molecule has 0 bridgehead atoms. The highest BCUT2D eigenvalue weighted by atomic mass is 35.5. The molecule has 0 atom stereocenters. The lowest BCUT2D eigenvalue weighted by Crippen LogP contribution is -2.36. The maximum absolute atomic E-state index is 12.4. The van der Waals surface area contributed by atoms with Gasteiger partial charge in [-0.05, 0) is 32.4 Å². The number of aliphatic imine (C=N–C) groups is 1. The van der Waals surface area contributed by atoms with Gasteiger partial charge in [-0.25, -0.2) is 4.68 Å². The van der Waals surface area contributed by atoms with Crippen molar-refractivity contribution in [3.05, 3.63) is 57.0 Å². The number of amides is 1. The highest BCUT2D eigenvalue weighted by molar-refractivity contribution is 7.98. The Kier molecular flexibility index (Phi) is 6.84. The van der Waals surface area contributed by atoms with Crippen LogP contribution in [-0.4, -0.2) is 41.0 Å². The van der Waals surface area contributed by atoms with Crippen molar-refractivity contribution in [1.29, 1.82) is 0 Å². The number of thioether (sulfide) groups is 1. The van der Waals surface area contributed by atoms with Gasteiger partial charge in [0.05, 0.1) is 23.0 Å². The molecule has 144 valence electrons. The van der Waals surface area contributed by atoms with Crippen LogP contribution < -0.4 is 5.56 Å². The second-order valence-corrected chi connectivity index (χ2v) is 8.56. The minimum absolute atomic E-state index is 0.138. The van der Waals surface area contributed by atoms with Crippen molar-refractivity contribution in [1.82, 2.24) is 14.7 Å². The molecule has 0 saturated carbocycles. The fraction of sp³-hybridized carbons (Fsp3) is 0.368. The van der Waals surface area contributed by atoms with Crippen molar-refractivity contribution in [2.24, 2.45) is 4.99 Å². The molecule has 0 aliphatic rings. The van der Waals surface area contributed by atoms with E-state index < -0.39 is 5.54 Å². The first-order chi connectivity index (χ1) is 12.6. The maximum Gasteiger partial charge on any atom is 0.287 e. The van der Waals surface area contributed by atoms with Gasteiger partial charge < -0.3 is 4.90 Å². The first-order valence-electron chi connectivity index (χ1n) is 8.35. The van der Waals surface area contributed by atoms with Crippen LogP contribution in [0.2, 0.25) is 5.02 Å². The Morgan fingerprint density at radius 3 is 2.63 bits per heavy atom. The van der Waals surface area contributed by atoms with E-state index in [9.17, 15) is 9.59 Å². The molecule has 27 heavy (non-hydrogen) atoms. The molecule has 0 aliphatic heterocycles. The fourth-order valence-corrected chi connectivity index (χ4v) is 3.43. The highest BCUT2D eigenvalue weighted by Gasteiger charge is 2.20. The van der Waals surface area contributed by atoms with Crippen molar-refractivity contribution in [3.63, 3.8) is 0 Å². The first kappa shape index (κ1) is 21.2. The summed E-state index contributed by atoms with van der Waals surface area (Å²) in [6, 6.07) is 7.26. The normalized spacial score (nSPS) is 11.8. The number of hydrogen-bond donors (Lipinski definition) is 0. The third-order valence-electron chi connectivity index (χ3n) is 3.56. The van der Waals surface area contributed by atoms with Crippen molar-refractivity contribution < 1.29 is 4.79 Å². The van der Waals surface area contributed by atoms with Gasteiger partial charge in [-0.3, -0.25) is 9.59 Å². The summed E-state index contributed by atoms with van der Waals surface area (Å²) in [4.78, 5) is 31.0. The van der Waals surface area contributed by atoms with E-state index >= 15 is 0 Å². The van der Waals surface area contributed by atoms with Crippen LogP contribution >= 0.6 is 23.4 Å². The van der Waals surface area contributed by atoms with Gasteiger partial charge in [0.15, 0.2) is 0 Å². The summed E-state index contributed by atoms with van der Waals surface area (Å²) >= 11 is 7.63. The third-order valence-corrected chi connectivity index (χ3v) is 5.11. The number of carbonyl (C=O) groups excluding carboxylic acids is 1. The monoisotopic (exact) mass is 406 g/mol. The van der Waals surface area contributed by atoms with E-state index in [4.69, 9.17) is 11.6 Å². The van der Waals surface area contributed by atoms with Crippen LogP contribution in [0.25, 0.3) is 0 Å². The molecule has 0 aliphatic carbocycles. The zero-order valence-electron chi connectivity index (χ0n) is 16.1. The number of rotatable bonds is 5. The fourth-order valence-electron chi connectivity index (χ4n) is 2.24. The molecule has 0 fully saturated rings. The predicted octanol–water partition coefficient (Wildman–Crippen LogP) is 3.67. The SMILES string of the molecule is CN(C)C=NC(=O)c1ccccc1CSc1cnn(C(C)(C)C)c(=O)c1Cl. The molecule has 0 N–H and O–H groups in total. The van der Waals surface area contributed by atoms with Crippen LogP contribution in [0.4, 0.5) is 0 Å². The average Bonchev–Trinajstić information content (AvgIpc) is 2.60. The molecule has 0 spiro atoms. The Hall–Kier alpha value is -2.12. The Morgan fingerprint density at radius 2 is 2.00 bits per heavy atom. The summed E-state index contributed by atoms with van der Waals surface area (Å²) < 4.78 is 1.37. The standard InChI is InChI=1S/C19H23ClN4O2S/c1-19(2,3)24-18(26)16(20)15(10-22-24)27-11-13-8-6-7-9-14(13)17(25)21-12-23(4)5/h6-10,12H,11H2,1-5H3. The predicted molar refractivity (Wildman–Crippen MR) is 111 cm³/mol. The molecular weight excluding hydrogens is 384 g/mol. The summed E-state index contributed by atoms with van der Waals surface area (Å²) in [5.41, 5.74) is 0.566. The molecule has 1 aromatic heterocycles. The molecule has 0 saturated heterocycles.